The van der Waals surface area contributed by atoms with E-state index < -0.39 is 0 Å². The van der Waals surface area contributed by atoms with Gasteiger partial charge in [0.2, 0.25) is 5.89 Å². The molecule has 4 aromatic rings. The number of pyridine rings is 1. The summed E-state index contributed by atoms with van der Waals surface area (Å²) in [5.74, 6) is 1.29. The Balaban J connectivity index is 1.34. The fourth-order valence-corrected chi connectivity index (χ4v) is 4.60. The van der Waals surface area contributed by atoms with Gasteiger partial charge in [0.05, 0.1) is 30.7 Å². The van der Waals surface area contributed by atoms with E-state index in [2.05, 4.69) is 22.2 Å². The first kappa shape index (κ1) is 18.1. The molecule has 2 aliphatic rings. The van der Waals surface area contributed by atoms with E-state index in [0.29, 0.717) is 12.4 Å². The number of fused-ring (bicyclic) bond motifs is 4. The van der Waals surface area contributed by atoms with Gasteiger partial charge in [-0.1, -0.05) is 6.07 Å². The molecule has 4 heterocycles. The Morgan fingerprint density at radius 2 is 2.16 bits per heavy atom. The largest absolute Gasteiger partial charge is 0.455 e. The molecule has 1 amide bonds. The molecule has 0 radical (unpaired) electrons. The lowest BCUT2D eigenvalue weighted by atomic mass is 9.82. The average Bonchev–Trinajstić information content (AvgIpc) is 3.15. The van der Waals surface area contributed by atoms with Crippen LogP contribution < -0.4 is 5.32 Å². The van der Waals surface area contributed by atoms with Crippen LogP contribution in [-0.4, -0.2) is 25.7 Å². The molecule has 4 aromatic heterocycles. The van der Waals surface area contributed by atoms with Crippen LogP contribution in [0.1, 0.15) is 52.0 Å². The van der Waals surface area contributed by atoms with Gasteiger partial charge in [0.1, 0.15) is 12.0 Å². The third kappa shape index (κ3) is 2.98. The summed E-state index contributed by atoms with van der Waals surface area (Å²) in [4.78, 5) is 21.1. The van der Waals surface area contributed by atoms with E-state index in [4.69, 9.17) is 13.9 Å². The van der Waals surface area contributed by atoms with Crippen LogP contribution in [0.15, 0.2) is 51.8 Å². The number of nitrogens with zero attached hydrogens (tertiary/aromatic N) is 4. The van der Waals surface area contributed by atoms with Gasteiger partial charge in [0.15, 0.2) is 5.76 Å². The normalized spacial score (nSPS) is 15.5. The molecule has 0 unspecified atom stereocenters. The van der Waals surface area contributed by atoms with Crippen molar-refractivity contribution in [3.63, 3.8) is 0 Å². The Hall–Kier alpha value is -3.68. The summed E-state index contributed by atoms with van der Waals surface area (Å²) in [6.07, 6.45) is 7.86. The second-order valence-electron chi connectivity index (χ2n) is 8.30. The highest BCUT2D eigenvalue weighted by atomic mass is 16.4. The summed E-state index contributed by atoms with van der Waals surface area (Å²) in [5.41, 5.74) is 5.36. The standard InChI is InChI=1S/C23H21N5O3/c1-14-20-21(27-28(14)13-15-4-2-3-7-24-15)16-10-17(31-18(16)11-23(20)5-6-23)22(29)26-12-19-25-8-9-30-19/h2-4,7-10H,5-6,11-13H2,1H3,(H,26,29). The van der Waals surface area contributed by atoms with Gasteiger partial charge in [-0.05, 0) is 38.0 Å². The van der Waals surface area contributed by atoms with Crippen LogP contribution in [0.3, 0.4) is 0 Å². The SMILES string of the molecule is Cc1c2c(nn1Cc1ccccn1)-c1cc(C(=O)NCc3ncco3)oc1CC21CC1. The van der Waals surface area contributed by atoms with E-state index in [1.165, 1.54) is 17.5 Å². The van der Waals surface area contributed by atoms with E-state index in [9.17, 15) is 4.79 Å². The minimum Gasteiger partial charge on any atom is -0.455 e. The van der Waals surface area contributed by atoms with E-state index in [-0.39, 0.29) is 23.6 Å². The Bertz CT molecular complexity index is 1270. The molecule has 6 rings (SSSR count). The first-order valence-corrected chi connectivity index (χ1v) is 10.4. The van der Waals surface area contributed by atoms with Gasteiger partial charge < -0.3 is 14.2 Å². The van der Waals surface area contributed by atoms with Crippen LogP contribution in [0.4, 0.5) is 0 Å². The van der Waals surface area contributed by atoms with Crippen molar-refractivity contribution >= 4 is 5.91 Å². The molecule has 8 heteroatoms. The summed E-state index contributed by atoms with van der Waals surface area (Å²) in [5, 5.41) is 7.74. The Labute approximate surface area is 178 Å². The fourth-order valence-electron chi connectivity index (χ4n) is 4.60. The minimum absolute atomic E-state index is 0.0818. The van der Waals surface area contributed by atoms with Crippen LogP contribution in [0.5, 0.6) is 0 Å². The molecule has 1 N–H and O–H groups in total. The molecule has 0 atom stereocenters. The van der Waals surface area contributed by atoms with Crippen molar-refractivity contribution in [1.82, 2.24) is 25.1 Å². The number of hydrogen-bond acceptors (Lipinski definition) is 6. The highest BCUT2D eigenvalue weighted by molar-refractivity contribution is 5.93. The molecule has 0 saturated heterocycles. The molecule has 8 nitrogen and oxygen atoms in total. The summed E-state index contributed by atoms with van der Waals surface area (Å²) in [6.45, 7) is 2.96. The van der Waals surface area contributed by atoms with Crippen LogP contribution in [0.2, 0.25) is 0 Å². The zero-order chi connectivity index (χ0) is 21.0. The Kier molecular flexibility index (Phi) is 3.89. The molecular weight excluding hydrogens is 394 g/mol. The van der Waals surface area contributed by atoms with Crippen molar-refractivity contribution in [2.45, 2.75) is 44.7 Å². The summed E-state index contributed by atoms with van der Waals surface area (Å²) < 4.78 is 13.2. The highest BCUT2D eigenvalue weighted by Gasteiger charge is 2.52. The van der Waals surface area contributed by atoms with Crippen molar-refractivity contribution in [2.75, 3.05) is 0 Å². The molecule has 2 aliphatic carbocycles. The zero-order valence-corrected chi connectivity index (χ0v) is 17.1. The molecule has 0 bridgehead atoms. The van der Waals surface area contributed by atoms with Crippen LogP contribution in [0, 0.1) is 6.92 Å². The molecule has 1 spiro atoms. The van der Waals surface area contributed by atoms with Gasteiger partial charge >= 0.3 is 0 Å². The lowest BCUT2D eigenvalue weighted by Crippen LogP contribution is -2.22. The topological polar surface area (TPSA) is 99.0 Å². The van der Waals surface area contributed by atoms with Crippen molar-refractivity contribution < 1.29 is 13.6 Å². The van der Waals surface area contributed by atoms with Crippen LogP contribution in [0.25, 0.3) is 11.3 Å². The monoisotopic (exact) mass is 415 g/mol. The Morgan fingerprint density at radius 1 is 1.26 bits per heavy atom. The second-order valence-corrected chi connectivity index (χ2v) is 8.30. The summed E-state index contributed by atoms with van der Waals surface area (Å²) in [7, 11) is 0. The molecule has 1 saturated carbocycles. The minimum atomic E-state index is -0.288. The van der Waals surface area contributed by atoms with Crippen molar-refractivity contribution in [3.05, 3.63) is 77.3 Å². The summed E-state index contributed by atoms with van der Waals surface area (Å²) in [6, 6.07) is 7.72. The molecule has 0 aliphatic heterocycles. The number of rotatable bonds is 5. The molecule has 0 aromatic carbocycles. The average molecular weight is 415 g/mol. The smallest absolute Gasteiger partial charge is 0.287 e. The van der Waals surface area contributed by atoms with Crippen LogP contribution in [-0.2, 0) is 24.9 Å². The van der Waals surface area contributed by atoms with E-state index in [1.54, 1.807) is 12.4 Å². The van der Waals surface area contributed by atoms with E-state index in [0.717, 1.165) is 42.0 Å². The van der Waals surface area contributed by atoms with Crippen LogP contribution >= 0.6 is 0 Å². The van der Waals surface area contributed by atoms with Crippen molar-refractivity contribution in [2.24, 2.45) is 0 Å². The quantitative estimate of drug-likeness (QED) is 0.536. The van der Waals surface area contributed by atoms with Gasteiger partial charge in [-0.2, -0.15) is 5.10 Å². The van der Waals surface area contributed by atoms with Gasteiger partial charge in [0.25, 0.3) is 5.91 Å². The number of oxazole rings is 1. The maximum absolute atomic E-state index is 12.7. The lowest BCUT2D eigenvalue weighted by molar-refractivity contribution is 0.0917. The zero-order valence-electron chi connectivity index (χ0n) is 17.1. The van der Waals surface area contributed by atoms with Gasteiger partial charge in [0, 0.05) is 34.9 Å². The third-order valence-electron chi connectivity index (χ3n) is 6.30. The predicted octanol–water partition coefficient (Wildman–Crippen LogP) is 3.40. The first-order valence-electron chi connectivity index (χ1n) is 10.4. The second kappa shape index (κ2) is 6.66. The number of nitrogens with one attached hydrogen (secondary N) is 1. The van der Waals surface area contributed by atoms with E-state index >= 15 is 0 Å². The van der Waals surface area contributed by atoms with Crippen molar-refractivity contribution in [3.8, 4) is 11.3 Å². The Morgan fingerprint density at radius 3 is 2.90 bits per heavy atom. The van der Waals surface area contributed by atoms with Gasteiger partial charge in [-0.3, -0.25) is 14.5 Å². The maximum atomic E-state index is 12.7. The number of carbonyl (C=O) groups excluding carboxylic acids is 1. The molecule has 1 fully saturated rings. The number of carbonyl (C=O) groups is 1. The summed E-state index contributed by atoms with van der Waals surface area (Å²) >= 11 is 0. The predicted molar refractivity (Wildman–Crippen MR) is 110 cm³/mol. The number of aromatic nitrogens is 4. The molecule has 31 heavy (non-hydrogen) atoms. The highest BCUT2D eigenvalue weighted by Crippen LogP contribution is 2.58. The third-order valence-corrected chi connectivity index (χ3v) is 6.30. The van der Waals surface area contributed by atoms with Gasteiger partial charge in [-0.15, -0.1) is 0 Å². The fraction of sp³-hybridized carbons (Fsp3) is 0.304. The number of furan rings is 1. The van der Waals surface area contributed by atoms with Crippen molar-refractivity contribution in [1.29, 1.82) is 0 Å². The lowest BCUT2D eigenvalue weighted by Gasteiger charge is -2.20. The number of amides is 1. The van der Waals surface area contributed by atoms with Gasteiger partial charge in [-0.25, -0.2) is 4.98 Å². The first-order chi connectivity index (χ1) is 15.1. The molecule has 156 valence electrons. The molecular formula is C23H21N5O3. The maximum Gasteiger partial charge on any atom is 0.287 e. The number of hydrogen-bond donors (Lipinski definition) is 1. The van der Waals surface area contributed by atoms with E-state index in [1.807, 2.05) is 28.9 Å².